The van der Waals surface area contributed by atoms with Crippen LogP contribution in [0.5, 0.6) is 5.75 Å². The molecule has 0 unspecified atom stereocenters. The molecule has 0 atom stereocenters. The van der Waals surface area contributed by atoms with Gasteiger partial charge in [0.2, 0.25) is 0 Å². The van der Waals surface area contributed by atoms with Crippen LogP contribution in [0.3, 0.4) is 0 Å². The Balaban J connectivity index is 1.93. The first kappa shape index (κ1) is 19.7. The Morgan fingerprint density at radius 3 is 2.50 bits per heavy atom. The van der Waals surface area contributed by atoms with Gasteiger partial charge in [-0.3, -0.25) is 4.18 Å². The molecule has 0 aliphatic carbocycles. The fourth-order valence-electron chi connectivity index (χ4n) is 2.15. The van der Waals surface area contributed by atoms with Gasteiger partial charge in [0.15, 0.2) is 0 Å². The van der Waals surface area contributed by atoms with Crippen molar-refractivity contribution in [1.82, 2.24) is 0 Å². The van der Waals surface area contributed by atoms with E-state index in [1.165, 1.54) is 31.4 Å². The number of esters is 1. The van der Waals surface area contributed by atoms with Gasteiger partial charge in [0, 0.05) is 0 Å². The van der Waals surface area contributed by atoms with Crippen LogP contribution in [0.4, 0.5) is 0 Å². The van der Waals surface area contributed by atoms with Crippen molar-refractivity contribution in [1.29, 1.82) is 0 Å². The highest BCUT2D eigenvalue weighted by Crippen LogP contribution is 2.20. The maximum Gasteiger partial charge on any atom is 0.341 e. The quantitative estimate of drug-likeness (QED) is 0.453. The van der Waals surface area contributed by atoms with E-state index < -0.39 is 16.1 Å². The Morgan fingerprint density at radius 1 is 1.15 bits per heavy atom. The molecule has 1 N–H and O–H groups in total. The van der Waals surface area contributed by atoms with Crippen LogP contribution in [-0.4, -0.2) is 33.2 Å². The van der Waals surface area contributed by atoms with Crippen LogP contribution in [0, 0.1) is 6.92 Å². The molecular formula is C19H20O6S. The number of rotatable bonds is 7. The Labute approximate surface area is 152 Å². The van der Waals surface area contributed by atoms with E-state index >= 15 is 0 Å². The summed E-state index contributed by atoms with van der Waals surface area (Å²) >= 11 is 0. The number of hydrogen-bond donors (Lipinski definition) is 1. The minimum absolute atomic E-state index is 0.00531. The third kappa shape index (κ3) is 5.18. The summed E-state index contributed by atoms with van der Waals surface area (Å²) in [6, 6.07) is 10.9. The summed E-state index contributed by atoms with van der Waals surface area (Å²) in [5.74, 6) is -0.799. The number of carbonyl (C=O) groups is 1. The SMILES string of the molecule is COC(=O)c1cc(C=CCCOS(=O)(=O)c2ccc(C)cc2)ccc1O. The molecule has 0 saturated carbocycles. The Kier molecular flexibility index (Phi) is 6.54. The Bertz CT molecular complexity index is 898. The zero-order chi connectivity index (χ0) is 19.2. The zero-order valence-electron chi connectivity index (χ0n) is 14.5. The molecule has 2 aromatic rings. The van der Waals surface area contributed by atoms with Crippen LogP contribution in [-0.2, 0) is 19.0 Å². The maximum atomic E-state index is 12.0. The van der Waals surface area contributed by atoms with Crippen LogP contribution >= 0.6 is 0 Å². The molecule has 0 heterocycles. The van der Waals surface area contributed by atoms with Gasteiger partial charge in [-0.2, -0.15) is 8.42 Å². The molecule has 0 radical (unpaired) electrons. The normalized spacial score (nSPS) is 11.6. The number of methoxy groups -OCH3 is 1. The molecule has 7 heteroatoms. The maximum absolute atomic E-state index is 12.0. The largest absolute Gasteiger partial charge is 0.507 e. The summed E-state index contributed by atoms with van der Waals surface area (Å²) in [5, 5.41) is 9.65. The smallest absolute Gasteiger partial charge is 0.341 e. The highest BCUT2D eigenvalue weighted by molar-refractivity contribution is 7.86. The van der Waals surface area contributed by atoms with Gasteiger partial charge in [-0.25, -0.2) is 4.79 Å². The van der Waals surface area contributed by atoms with Crippen LogP contribution in [0.1, 0.15) is 27.9 Å². The van der Waals surface area contributed by atoms with E-state index in [0.29, 0.717) is 12.0 Å². The first-order chi connectivity index (χ1) is 12.3. The van der Waals surface area contributed by atoms with Crippen molar-refractivity contribution in [3.63, 3.8) is 0 Å². The summed E-state index contributed by atoms with van der Waals surface area (Å²) < 4.78 is 33.7. The molecule has 0 saturated heterocycles. The van der Waals surface area contributed by atoms with Gasteiger partial charge in [-0.1, -0.05) is 35.9 Å². The van der Waals surface area contributed by atoms with E-state index in [1.54, 1.807) is 30.4 Å². The predicted octanol–water partition coefficient (Wildman–Crippen LogP) is 3.30. The third-order valence-corrected chi connectivity index (χ3v) is 4.90. The van der Waals surface area contributed by atoms with Crippen molar-refractivity contribution in [2.75, 3.05) is 13.7 Å². The molecular weight excluding hydrogens is 356 g/mol. The summed E-state index contributed by atoms with van der Waals surface area (Å²) in [6.07, 6.45) is 3.78. The van der Waals surface area contributed by atoms with E-state index in [9.17, 15) is 18.3 Å². The van der Waals surface area contributed by atoms with Crippen molar-refractivity contribution < 1.29 is 27.2 Å². The summed E-state index contributed by atoms with van der Waals surface area (Å²) in [5.41, 5.74) is 1.70. The minimum atomic E-state index is -3.78. The molecule has 0 aliphatic heterocycles. The first-order valence-electron chi connectivity index (χ1n) is 7.87. The molecule has 0 amide bonds. The number of aromatic hydroxyl groups is 1. The average Bonchev–Trinajstić information content (AvgIpc) is 2.62. The highest BCUT2D eigenvalue weighted by Gasteiger charge is 2.14. The van der Waals surface area contributed by atoms with Crippen LogP contribution < -0.4 is 0 Å². The fraction of sp³-hybridized carbons (Fsp3) is 0.211. The standard InChI is InChI=1S/C19H20O6S/c1-14-6-9-16(10-7-14)26(22,23)25-12-4-3-5-15-8-11-18(20)17(13-15)19(21)24-2/h3,5-11,13,20H,4,12H2,1-2H3. The third-order valence-electron chi connectivity index (χ3n) is 3.57. The number of phenols is 1. The van der Waals surface area contributed by atoms with Crippen molar-refractivity contribution in [2.45, 2.75) is 18.2 Å². The lowest BCUT2D eigenvalue weighted by Crippen LogP contribution is -2.07. The molecule has 0 aliphatic rings. The second kappa shape index (κ2) is 8.64. The van der Waals surface area contributed by atoms with Gasteiger partial charge in [0.25, 0.3) is 10.1 Å². The van der Waals surface area contributed by atoms with Gasteiger partial charge in [0.1, 0.15) is 11.3 Å². The highest BCUT2D eigenvalue weighted by atomic mass is 32.2. The monoisotopic (exact) mass is 376 g/mol. The number of carbonyl (C=O) groups excluding carboxylic acids is 1. The van der Waals surface area contributed by atoms with Gasteiger partial charge in [0.05, 0.1) is 18.6 Å². The molecule has 0 aromatic heterocycles. The number of aryl methyl sites for hydroxylation is 1. The van der Waals surface area contributed by atoms with Gasteiger partial charge in [-0.05, 0) is 43.2 Å². The second-order valence-corrected chi connectivity index (χ2v) is 7.16. The minimum Gasteiger partial charge on any atom is -0.507 e. The molecule has 26 heavy (non-hydrogen) atoms. The molecule has 0 fully saturated rings. The lowest BCUT2D eigenvalue weighted by Gasteiger charge is -2.05. The van der Waals surface area contributed by atoms with Crippen molar-refractivity contribution in [2.24, 2.45) is 0 Å². The van der Waals surface area contributed by atoms with E-state index in [0.717, 1.165) is 5.56 Å². The number of benzene rings is 2. The molecule has 6 nitrogen and oxygen atoms in total. The molecule has 0 spiro atoms. The summed E-state index contributed by atoms with van der Waals surface area (Å²) in [4.78, 5) is 11.7. The number of hydrogen-bond acceptors (Lipinski definition) is 6. The van der Waals surface area contributed by atoms with Gasteiger partial charge < -0.3 is 9.84 Å². The van der Waals surface area contributed by atoms with Crippen LogP contribution in [0.15, 0.2) is 53.4 Å². The number of ether oxygens (including phenoxy) is 1. The lowest BCUT2D eigenvalue weighted by atomic mass is 10.1. The second-order valence-electron chi connectivity index (χ2n) is 5.55. The van der Waals surface area contributed by atoms with Crippen molar-refractivity contribution in [3.8, 4) is 5.75 Å². The van der Waals surface area contributed by atoms with Crippen LogP contribution in [0.2, 0.25) is 0 Å². The van der Waals surface area contributed by atoms with E-state index in [2.05, 4.69) is 4.74 Å². The number of phenolic OH excluding ortho intramolecular Hbond substituents is 1. The van der Waals surface area contributed by atoms with E-state index in [-0.39, 0.29) is 22.8 Å². The topological polar surface area (TPSA) is 89.9 Å². The van der Waals surface area contributed by atoms with Crippen molar-refractivity contribution >= 4 is 22.2 Å². The van der Waals surface area contributed by atoms with E-state index in [4.69, 9.17) is 4.18 Å². The van der Waals surface area contributed by atoms with Gasteiger partial charge in [-0.15, -0.1) is 0 Å². The van der Waals surface area contributed by atoms with Crippen LogP contribution in [0.25, 0.3) is 6.08 Å². The molecule has 2 rings (SSSR count). The van der Waals surface area contributed by atoms with E-state index in [1.807, 2.05) is 6.92 Å². The summed E-state index contributed by atoms with van der Waals surface area (Å²) in [7, 11) is -2.54. The molecule has 2 aromatic carbocycles. The lowest BCUT2D eigenvalue weighted by molar-refractivity contribution is 0.0597. The summed E-state index contributed by atoms with van der Waals surface area (Å²) in [6.45, 7) is 1.87. The zero-order valence-corrected chi connectivity index (χ0v) is 15.3. The molecule has 0 bridgehead atoms. The Morgan fingerprint density at radius 2 is 1.85 bits per heavy atom. The first-order valence-corrected chi connectivity index (χ1v) is 9.28. The Hall–Kier alpha value is -2.64. The van der Waals surface area contributed by atoms with Crippen molar-refractivity contribution in [3.05, 3.63) is 65.2 Å². The average molecular weight is 376 g/mol. The predicted molar refractivity (Wildman–Crippen MR) is 97.4 cm³/mol. The van der Waals surface area contributed by atoms with Gasteiger partial charge >= 0.3 is 5.97 Å². The fourth-order valence-corrected chi connectivity index (χ4v) is 3.07. The molecule has 138 valence electrons.